The number of aliphatic hydroxyl groups is 1. The van der Waals surface area contributed by atoms with Crippen molar-refractivity contribution in [3.8, 4) is 0 Å². The highest BCUT2D eigenvalue weighted by Gasteiger charge is 2.45. The zero-order chi connectivity index (χ0) is 13.5. The van der Waals surface area contributed by atoms with Crippen molar-refractivity contribution in [3.63, 3.8) is 0 Å². The van der Waals surface area contributed by atoms with Crippen molar-refractivity contribution in [2.45, 2.75) is 43.7 Å². The minimum absolute atomic E-state index is 0.0749. The molecule has 3 atom stereocenters. The predicted molar refractivity (Wildman–Crippen MR) is 68.6 cm³/mol. The van der Waals surface area contributed by atoms with Crippen molar-refractivity contribution >= 4 is 0 Å². The minimum atomic E-state index is -0.821. The van der Waals surface area contributed by atoms with Gasteiger partial charge in [-0.15, -0.1) is 0 Å². The second kappa shape index (κ2) is 4.84. The summed E-state index contributed by atoms with van der Waals surface area (Å²) in [5, 5.41) is 14.1. The molecular weight excluding hydrogens is 248 g/mol. The molecule has 1 saturated heterocycles. The summed E-state index contributed by atoms with van der Waals surface area (Å²) in [6.07, 6.45) is 4.65. The second-order valence-electron chi connectivity index (χ2n) is 5.81. The molecule has 2 aliphatic rings. The Morgan fingerprint density at radius 1 is 1.16 bits per heavy atom. The molecule has 0 bridgehead atoms. The first-order chi connectivity index (χ1) is 9.10. The fraction of sp³-hybridized carbons (Fsp3) is 0.600. The zero-order valence-electron chi connectivity index (χ0n) is 10.8. The molecule has 2 nitrogen and oxygen atoms in total. The van der Waals surface area contributed by atoms with Crippen LogP contribution in [0.1, 0.15) is 43.7 Å². The van der Waals surface area contributed by atoms with E-state index in [1.165, 1.54) is 12.1 Å². The number of benzene rings is 1. The van der Waals surface area contributed by atoms with Crippen LogP contribution in [0.3, 0.4) is 0 Å². The average Bonchev–Trinajstić information content (AvgIpc) is 2.40. The standard InChI is InChI=1S/C15H19F2NO/c16-12-5-4-10(9-13(12)17)14-11-3-1-2-6-15(11,19)7-8-18-14/h4-5,9,11,14,18-19H,1-3,6-8H2. The van der Waals surface area contributed by atoms with Crippen molar-refractivity contribution in [3.05, 3.63) is 35.4 Å². The number of halogens is 2. The molecule has 1 aliphatic heterocycles. The van der Waals surface area contributed by atoms with Crippen molar-refractivity contribution in [2.24, 2.45) is 5.92 Å². The molecule has 2 fully saturated rings. The van der Waals surface area contributed by atoms with E-state index in [9.17, 15) is 13.9 Å². The molecular formula is C15H19F2NO. The number of piperidine rings is 1. The van der Waals surface area contributed by atoms with Crippen LogP contribution < -0.4 is 5.32 Å². The first kappa shape index (κ1) is 13.0. The molecule has 1 saturated carbocycles. The largest absolute Gasteiger partial charge is 0.389 e. The van der Waals surface area contributed by atoms with E-state index in [4.69, 9.17) is 0 Å². The second-order valence-corrected chi connectivity index (χ2v) is 5.81. The van der Waals surface area contributed by atoms with Crippen LogP contribution in [0.4, 0.5) is 8.78 Å². The lowest BCUT2D eigenvalue weighted by atomic mass is 9.67. The Hall–Kier alpha value is -1.00. The van der Waals surface area contributed by atoms with Gasteiger partial charge in [-0.1, -0.05) is 18.9 Å². The van der Waals surface area contributed by atoms with Crippen LogP contribution in [-0.4, -0.2) is 17.3 Å². The van der Waals surface area contributed by atoms with Gasteiger partial charge in [0, 0.05) is 12.0 Å². The van der Waals surface area contributed by atoms with E-state index in [0.717, 1.165) is 44.2 Å². The minimum Gasteiger partial charge on any atom is -0.389 e. The molecule has 3 unspecified atom stereocenters. The van der Waals surface area contributed by atoms with Crippen LogP contribution in [0.15, 0.2) is 18.2 Å². The highest BCUT2D eigenvalue weighted by Crippen LogP contribution is 2.45. The molecule has 1 heterocycles. The Morgan fingerprint density at radius 2 is 2.00 bits per heavy atom. The van der Waals surface area contributed by atoms with Crippen LogP contribution in [0.5, 0.6) is 0 Å². The van der Waals surface area contributed by atoms with E-state index >= 15 is 0 Å². The SMILES string of the molecule is OC12CCCCC1C(c1ccc(F)c(F)c1)NCC2. The average molecular weight is 267 g/mol. The van der Waals surface area contributed by atoms with E-state index in [1.54, 1.807) is 6.07 Å². The van der Waals surface area contributed by atoms with Gasteiger partial charge < -0.3 is 10.4 Å². The number of hydrogen-bond acceptors (Lipinski definition) is 2. The van der Waals surface area contributed by atoms with E-state index in [-0.39, 0.29) is 12.0 Å². The Balaban J connectivity index is 1.92. The van der Waals surface area contributed by atoms with Gasteiger partial charge in [-0.05, 0) is 43.5 Å². The zero-order valence-corrected chi connectivity index (χ0v) is 10.8. The fourth-order valence-corrected chi connectivity index (χ4v) is 3.68. The van der Waals surface area contributed by atoms with Gasteiger partial charge in [0.25, 0.3) is 0 Å². The summed E-state index contributed by atoms with van der Waals surface area (Å²) in [6.45, 7) is 0.719. The molecule has 104 valence electrons. The number of rotatable bonds is 1. The van der Waals surface area contributed by atoms with Gasteiger partial charge in [-0.2, -0.15) is 0 Å². The molecule has 0 aromatic heterocycles. The van der Waals surface area contributed by atoms with Crippen LogP contribution in [0.25, 0.3) is 0 Å². The van der Waals surface area contributed by atoms with Gasteiger partial charge in [0.05, 0.1) is 5.60 Å². The summed E-state index contributed by atoms with van der Waals surface area (Å²) < 4.78 is 26.4. The topological polar surface area (TPSA) is 32.3 Å². The quantitative estimate of drug-likeness (QED) is 0.820. The maximum Gasteiger partial charge on any atom is 0.159 e. The highest BCUT2D eigenvalue weighted by atomic mass is 19.2. The van der Waals surface area contributed by atoms with Gasteiger partial charge in [-0.3, -0.25) is 0 Å². The van der Waals surface area contributed by atoms with Gasteiger partial charge in [-0.25, -0.2) is 8.78 Å². The van der Waals surface area contributed by atoms with Crippen molar-refractivity contribution in [1.29, 1.82) is 0 Å². The summed E-state index contributed by atoms with van der Waals surface area (Å²) in [5.41, 5.74) is 0.0999. The van der Waals surface area contributed by atoms with Crippen molar-refractivity contribution in [1.82, 2.24) is 5.32 Å². The van der Waals surface area contributed by atoms with Gasteiger partial charge >= 0.3 is 0 Å². The molecule has 0 radical (unpaired) electrons. The lowest BCUT2D eigenvalue weighted by molar-refractivity contribution is -0.0861. The van der Waals surface area contributed by atoms with Gasteiger partial charge in [0.1, 0.15) is 0 Å². The number of fused-ring (bicyclic) bond motifs is 1. The molecule has 1 aromatic carbocycles. The van der Waals surface area contributed by atoms with Crippen molar-refractivity contribution < 1.29 is 13.9 Å². The number of nitrogens with one attached hydrogen (secondary N) is 1. The van der Waals surface area contributed by atoms with Crippen LogP contribution in [0.2, 0.25) is 0 Å². The predicted octanol–water partition coefficient (Wildman–Crippen LogP) is 2.92. The van der Waals surface area contributed by atoms with Crippen molar-refractivity contribution in [2.75, 3.05) is 6.54 Å². The summed E-state index contributed by atoms with van der Waals surface area (Å²) in [5.74, 6) is -1.54. The molecule has 1 aromatic rings. The third-order valence-corrected chi connectivity index (χ3v) is 4.69. The first-order valence-electron chi connectivity index (χ1n) is 7.01. The molecule has 19 heavy (non-hydrogen) atoms. The van der Waals surface area contributed by atoms with Gasteiger partial charge in [0.2, 0.25) is 0 Å². The van der Waals surface area contributed by atoms with Crippen LogP contribution >= 0.6 is 0 Å². The Morgan fingerprint density at radius 3 is 2.79 bits per heavy atom. The van der Waals surface area contributed by atoms with E-state index in [0.29, 0.717) is 0 Å². The fourth-order valence-electron chi connectivity index (χ4n) is 3.68. The molecule has 1 aliphatic carbocycles. The normalized spacial score (nSPS) is 34.9. The van der Waals surface area contributed by atoms with Crippen LogP contribution in [-0.2, 0) is 0 Å². The summed E-state index contributed by atoms with van der Waals surface area (Å²) in [7, 11) is 0. The third kappa shape index (κ3) is 2.28. The third-order valence-electron chi connectivity index (χ3n) is 4.69. The molecule has 3 rings (SSSR count). The van der Waals surface area contributed by atoms with E-state index < -0.39 is 17.2 Å². The lowest BCUT2D eigenvalue weighted by Gasteiger charge is -2.48. The van der Waals surface area contributed by atoms with Crippen LogP contribution in [0, 0.1) is 17.6 Å². The molecule has 4 heteroatoms. The molecule has 2 N–H and O–H groups in total. The lowest BCUT2D eigenvalue weighted by Crippen LogP contribution is -2.53. The van der Waals surface area contributed by atoms with E-state index in [1.807, 2.05) is 0 Å². The highest BCUT2D eigenvalue weighted by molar-refractivity contribution is 5.24. The molecule has 0 amide bonds. The monoisotopic (exact) mass is 267 g/mol. The smallest absolute Gasteiger partial charge is 0.159 e. The maximum absolute atomic E-state index is 13.4. The van der Waals surface area contributed by atoms with E-state index in [2.05, 4.69) is 5.32 Å². The molecule has 0 spiro atoms. The summed E-state index contributed by atoms with van der Waals surface area (Å²) in [6, 6.07) is 3.97. The van der Waals surface area contributed by atoms with Gasteiger partial charge in [0.15, 0.2) is 11.6 Å². The first-order valence-corrected chi connectivity index (χ1v) is 7.01. The summed E-state index contributed by atoms with van der Waals surface area (Å²) >= 11 is 0. The Bertz CT molecular complexity index is 475. The maximum atomic E-state index is 13.4. The summed E-state index contributed by atoms with van der Waals surface area (Å²) in [4.78, 5) is 0. The Labute approximate surface area is 111 Å². The number of hydrogen-bond donors (Lipinski definition) is 2. The Kier molecular flexibility index (Phi) is 3.31.